The van der Waals surface area contributed by atoms with Crippen molar-refractivity contribution in [3.8, 4) is 22.9 Å². The van der Waals surface area contributed by atoms with E-state index >= 15 is 0 Å². The number of rotatable bonds is 9. The Kier molecular flexibility index (Phi) is 8.32. The summed E-state index contributed by atoms with van der Waals surface area (Å²) in [6, 6.07) is 15.9. The number of benzene rings is 2. The molecule has 1 aliphatic heterocycles. The van der Waals surface area contributed by atoms with Crippen LogP contribution in [0.5, 0.6) is 11.6 Å². The van der Waals surface area contributed by atoms with Crippen LogP contribution in [-0.4, -0.2) is 56.5 Å². The molecule has 47 heavy (non-hydrogen) atoms. The highest BCUT2D eigenvalue weighted by Crippen LogP contribution is 2.55. The number of aryl methyl sites for hydroxylation is 1. The fourth-order valence-corrected chi connectivity index (χ4v) is 6.85. The molecule has 3 atom stereocenters. The molecule has 3 aliphatic rings. The molecule has 3 heterocycles. The molecule has 2 aromatic carbocycles. The first-order chi connectivity index (χ1) is 22.6. The van der Waals surface area contributed by atoms with Gasteiger partial charge < -0.3 is 19.7 Å². The monoisotopic (exact) mass is 633 g/mol. The average Bonchev–Trinajstić information content (AvgIpc) is 3.96. The summed E-state index contributed by atoms with van der Waals surface area (Å²) in [7, 11) is 0. The molecular formula is C38H43N5O4. The van der Waals surface area contributed by atoms with Gasteiger partial charge in [-0.2, -0.15) is 0 Å². The minimum Gasteiger partial charge on any atom is -0.444 e. The molecule has 9 heteroatoms. The van der Waals surface area contributed by atoms with Crippen molar-refractivity contribution in [2.75, 3.05) is 18.4 Å². The summed E-state index contributed by atoms with van der Waals surface area (Å²) in [4.78, 5) is 41.5. The molecule has 1 amide bonds. The summed E-state index contributed by atoms with van der Waals surface area (Å²) >= 11 is 0. The lowest BCUT2D eigenvalue weighted by Gasteiger charge is -2.34. The number of ketones is 1. The third-order valence-electron chi connectivity index (χ3n) is 9.45. The number of Topliss-reactive ketones (excluding diaryl/α,β-unsaturated/α-hetero) is 1. The Morgan fingerprint density at radius 1 is 0.979 bits per heavy atom. The number of hydrogen-bond acceptors (Lipinski definition) is 8. The van der Waals surface area contributed by atoms with Gasteiger partial charge in [-0.05, 0) is 106 Å². The van der Waals surface area contributed by atoms with E-state index in [2.05, 4.69) is 39.6 Å². The first-order valence-electron chi connectivity index (χ1n) is 16.9. The molecular weight excluding hydrogens is 590 g/mol. The molecule has 2 aromatic heterocycles. The van der Waals surface area contributed by atoms with Gasteiger partial charge in [0.1, 0.15) is 17.1 Å². The van der Waals surface area contributed by atoms with Gasteiger partial charge in [0.25, 0.3) is 0 Å². The second-order valence-corrected chi connectivity index (χ2v) is 14.3. The molecule has 0 bridgehead atoms. The number of fused-ring (bicyclic) bond motifs is 1. The number of carbonyl (C=O) groups excluding carboxylic acids is 2. The zero-order valence-corrected chi connectivity index (χ0v) is 27.7. The maximum absolute atomic E-state index is 13.2. The number of pyridine rings is 1. The molecule has 2 saturated carbocycles. The lowest BCUT2D eigenvalue weighted by Crippen LogP contribution is -2.47. The van der Waals surface area contributed by atoms with Crippen LogP contribution in [0.4, 0.5) is 10.7 Å². The predicted octanol–water partition coefficient (Wildman–Crippen LogP) is 7.76. The Labute approximate surface area is 276 Å². The van der Waals surface area contributed by atoms with Crippen LogP contribution in [0, 0.1) is 24.7 Å². The van der Waals surface area contributed by atoms with E-state index in [0.29, 0.717) is 48.7 Å². The van der Waals surface area contributed by atoms with Gasteiger partial charge in [-0.3, -0.25) is 4.79 Å². The lowest BCUT2D eigenvalue weighted by atomic mass is 9.96. The van der Waals surface area contributed by atoms with E-state index in [4.69, 9.17) is 14.5 Å². The molecule has 1 N–H and O–H groups in total. The van der Waals surface area contributed by atoms with Crippen LogP contribution in [0.3, 0.4) is 0 Å². The van der Waals surface area contributed by atoms with Crippen LogP contribution in [0.25, 0.3) is 22.0 Å². The van der Waals surface area contributed by atoms with Crippen molar-refractivity contribution in [2.24, 2.45) is 17.8 Å². The molecule has 1 saturated heterocycles. The van der Waals surface area contributed by atoms with E-state index in [-0.39, 0.29) is 18.1 Å². The third kappa shape index (κ3) is 7.09. The van der Waals surface area contributed by atoms with Crippen molar-refractivity contribution in [2.45, 2.75) is 77.9 Å². The van der Waals surface area contributed by atoms with Crippen LogP contribution in [-0.2, 0) is 16.0 Å². The second kappa shape index (κ2) is 12.6. The SMILES string of the molecule is Cc1ccc2c(CC(=O)[C@H]3CC3C3CC3)cccc2c1Oc1ncccc1-c1ccnc(N[C@H]2CCCN(C(=O)OC(C)(C)C)C2)n1. The van der Waals surface area contributed by atoms with Crippen LogP contribution >= 0.6 is 0 Å². The van der Waals surface area contributed by atoms with E-state index < -0.39 is 5.60 Å². The number of nitrogens with one attached hydrogen (secondary N) is 1. The molecule has 0 spiro atoms. The van der Waals surface area contributed by atoms with Crippen molar-refractivity contribution in [1.29, 1.82) is 0 Å². The van der Waals surface area contributed by atoms with E-state index in [1.54, 1.807) is 17.3 Å². The van der Waals surface area contributed by atoms with Crippen molar-refractivity contribution in [3.63, 3.8) is 0 Å². The lowest BCUT2D eigenvalue weighted by molar-refractivity contribution is -0.119. The largest absolute Gasteiger partial charge is 0.444 e. The first-order valence-corrected chi connectivity index (χ1v) is 16.9. The highest BCUT2D eigenvalue weighted by molar-refractivity contribution is 5.96. The molecule has 3 fully saturated rings. The standard InChI is InChI=1S/C38H43N5O4/c1-23-12-15-27-25(20-33(44)31-21-30(31)24-13-14-24)8-5-10-28(27)34(23)46-35-29(11-6-17-39-35)32-16-18-40-36(42-32)41-26-9-7-19-43(22-26)37(45)47-38(2,3)4/h5-6,8,10-12,15-18,24,26,30-31H,7,9,13-14,19-22H2,1-4H3,(H,40,41,42)/t26-,30?,31-/m0/s1. The number of nitrogens with zero attached hydrogens (tertiary/aromatic N) is 4. The Bertz CT molecular complexity index is 1810. The number of piperidine rings is 1. The molecule has 7 rings (SSSR count). The summed E-state index contributed by atoms with van der Waals surface area (Å²) < 4.78 is 12.2. The maximum atomic E-state index is 13.2. The summed E-state index contributed by atoms with van der Waals surface area (Å²) in [6.45, 7) is 8.83. The highest BCUT2D eigenvalue weighted by atomic mass is 16.6. The van der Waals surface area contributed by atoms with E-state index in [9.17, 15) is 9.59 Å². The second-order valence-electron chi connectivity index (χ2n) is 14.3. The minimum atomic E-state index is -0.542. The smallest absolute Gasteiger partial charge is 0.410 e. The number of anilines is 1. The van der Waals surface area contributed by atoms with E-state index in [1.807, 2.05) is 52.0 Å². The van der Waals surface area contributed by atoms with E-state index in [0.717, 1.165) is 58.4 Å². The number of aromatic nitrogens is 3. The summed E-state index contributed by atoms with van der Waals surface area (Å²) in [5.41, 5.74) is 2.88. The van der Waals surface area contributed by atoms with Crippen molar-refractivity contribution >= 4 is 28.6 Å². The summed E-state index contributed by atoms with van der Waals surface area (Å²) in [6.07, 6.45) is 8.98. The molecule has 0 radical (unpaired) electrons. The summed E-state index contributed by atoms with van der Waals surface area (Å²) in [5, 5.41) is 5.42. The molecule has 9 nitrogen and oxygen atoms in total. The number of amides is 1. The van der Waals surface area contributed by atoms with Crippen LogP contribution < -0.4 is 10.1 Å². The topological polar surface area (TPSA) is 107 Å². The van der Waals surface area contributed by atoms with E-state index in [1.165, 1.54) is 12.8 Å². The molecule has 4 aromatic rings. The Morgan fingerprint density at radius 2 is 1.83 bits per heavy atom. The van der Waals surface area contributed by atoms with Gasteiger partial charge in [-0.1, -0.05) is 30.3 Å². The maximum Gasteiger partial charge on any atom is 0.410 e. The number of likely N-dealkylation sites (tertiary alicyclic amines) is 1. The average molecular weight is 634 g/mol. The number of ether oxygens (including phenoxy) is 2. The minimum absolute atomic E-state index is 0.00458. The van der Waals surface area contributed by atoms with Gasteiger partial charge >= 0.3 is 6.09 Å². The fourth-order valence-electron chi connectivity index (χ4n) is 6.85. The number of hydrogen-bond donors (Lipinski definition) is 1. The van der Waals surface area contributed by atoms with Gasteiger partial charge in [0.05, 0.1) is 11.3 Å². The van der Waals surface area contributed by atoms with Crippen LogP contribution in [0.1, 0.15) is 64.0 Å². The number of carbonyl (C=O) groups is 2. The summed E-state index contributed by atoms with van der Waals surface area (Å²) in [5.74, 6) is 3.64. The Hall–Kier alpha value is -4.53. The third-order valence-corrected chi connectivity index (χ3v) is 9.45. The predicted molar refractivity (Wildman–Crippen MR) is 182 cm³/mol. The quantitative estimate of drug-likeness (QED) is 0.199. The van der Waals surface area contributed by atoms with Crippen molar-refractivity contribution in [1.82, 2.24) is 19.9 Å². The Morgan fingerprint density at radius 3 is 2.64 bits per heavy atom. The zero-order chi connectivity index (χ0) is 32.7. The van der Waals surface area contributed by atoms with Gasteiger partial charge in [0.2, 0.25) is 11.8 Å². The zero-order valence-electron chi connectivity index (χ0n) is 27.7. The highest BCUT2D eigenvalue weighted by Gasteiger charge is 2.50. The van der Waals surface area contributed by atoms with Gasteiger partial charge in [0.15, 0.2) is 0 Å². The van der Waals surface area contributed by atoms with Crippen LogP contribution in [0.2, 0.25) is 0 Å². The molecule has 244 valence electrons. The molecule has 1 unspecified atom stereocenters. The first kappa shape index (κ1) is 31.1. The fraction of sp³-hybridized carbons (Fsp3) is 0.447. The van der Waals surface area contributed by atoms with Crippen LogP contribution in [0.15, 0.2) is 60.9 Å². The molecule has 2 aliphatic carbocycles. The van der Waals surface area contributed by atoms with Gasteiger partial charge in [-0.15, -0.1) is 0 Å². The van der Waals surface area contributed by atoms with Gasteiger partial charge in [0, 0.05) is 49.2 Å². The Balaban J connectivity index is 1.10. The van der Waals surface area contributed by atoms with Gasteiger partial charge in [-0.25, -0.2) is 19.7 Å². The van der Waals surface area contributed by atoms with Crippen molar-refractivity contribution < 1.29 is 19.1 Å². The normalized spacial score (nSPS) is 20.9. The van der Waals surface area contributed by atoms with Crippen molar-refractivity contribution in [3.05, 3.63) is 72.1 Å².